The van der Waals surface area contributed by atoms with Crippen LogP contribution in [-0.2, 0) is 41.9 Å². The largest absolute Gasteiger partial charge is 0.451 e. The quantitative estimate of drug-likeness (QED) is 0.385. The van der Waals surface area contributed by atoms with E-state index in [1.165, 1.54) is 29.3 Å². The number of fused-ring (bicyclic) bond motifs is 2. The summed E-state index contributed by atoms with van der Waals surface area (Å²) >= 11 is 0. The number of amides is 3. The van der Waals surface area contributed by atoms with Gasteiger partial charge in [0.2, 0.25) is 17.6 Å². The van der Waals surface area contributed by atoms with Gasteiger partial charge in [0.15, 0.2) is 5.82 Å². The van der Waals surface area contributed by atoms with E-state index < -0.39 is 47.4 Å². The molecule has 2 aromatic heterocycles. The zero-order chi connectivity index (χ0) is 28.3. The van der Waals surface area contributed by atoms with Crippen molar-refractivity contribution >= 4 is 17.7 Å². The van der Waals surface area contributed by atoms with E-state index in [2.05, 4.69) is 20.5 Å². The fourth-order valence-electron chi connectivity index (χ4n) is 5.37. The molecule has 1 N–H and O–H groups in total. The number of hydrogen-bond acceptors (Lipinski definition) is 7. The van der Waals surface area contributed by atoms with Crippen LogP contribution < -0.4 is 5.32 Å². The first kappa shape index (κ1) is 26.0. The van der Waals surface area contributed by atoms with Crippen LogP contribution in [0.3, 0.4) is 0 Å². The van der Waals surface area contributed by atoms with Crippen molar-refractivity contribution in [1.82, 2.24) is 34.9 Å². The van der Waals surface area contributed by atoms with Crippen LogP contribution in [-0.4, -0.2) is 59.9 Å². The van der Waals surface area contributed by atoms with Crippen molar-refractivity contribution in [1.29, 1.82) is 0 Å². The van der Waals surface area contributed by atoms with Crippen LogP contribution in [0.15, 0.2) is 24.4 Å². The fourth-order valence-corrected chi connectivity index (χ4v) is 5.37. The molecule has 0 saturated carbocycles. The number of aromatic nitrogens is 4. The Morgan fingerprint density at radius 3 is 2.50 bits per heavy atom. The maximum atomic E-state index is 15.7. The molecular weight excluding hydrogens is 541 g/mol. The molecule has 15 heteroatoms. The lowest BCUT2D eigenvalue weighted by Gasteiger charge is -2.29. The molecule has 0 spiro atoms. The molecule has 1 fully saturated rings. The van der Waals surface area contributed by atoms with Gasteiger partial charge in [0.25, 0.3) is 5.91 Å². The van der Waals surface area contributed by atoms with Gasteiger partial charge in [-0.15, -0.1) is 10.2 Å². The summed E-state index contributed by atoms with van der Waals surface area (Å²) in [6.07, 6.45) is -3.18. The van der Waals surface area contributed by atoms with Gasteiger partial charge in [-0.3, -0.25) is 29.6 Å². The summed E-state index contributed by atoms with van der Waals surface area (Å²) in [5, 5.41) is 9.04. The van der Waals surface area contributed by atoms with E-state index in [-0.39, 0.29) is 79.3 Å². The van der Waals surface area contributed by atoms with Crippen molar-refractivity contribution in [3.63, 3.8) is 0 Å². The molecule has 3 aromatic rings. The third-order valence-corrected chi connectivity index (χ3v) is 7.35. The number of piperidine rings is 1. The Morgan fingerprint density at radius 2 is 1.75 bits per heavy atom. The zero-order valence-corrected chi connectivity index (χ0v) is 20.6. The second-order valence-electron chi connectivity index (χ2n) is 9.79. The number of halogens is 5. The van der Waals surface area contributed by atoms with E-state index in [0.717, 1.165) is 4.57 Å². The van der Waals surface area contributed by atoms with E-state index in [4.69, 9.17) is 0 Å². The van der Waals surface area contributed by atoms with E-state index in [0.29, 0.717) is 0 Å². The lowest BCUT2D eigenvalue weighted by atomic mass is 10.0. The van der Waals surface area contributed by atoms with Crippen LogP contribution in [0.25, 0.3) is 11.3 Å². The molecule has 10 nitrogen and oxygen atoms in total. The number of hydrogen-bond donors (Lipinski definition) is 1. The molecular formula is C25H20F5N7O3. The van der Waals surface area contributed by atoms with Crippen molar-refractivity contribution in [2.75, 3.05) is 6.54 Å². The molecule has 0 aliphatic carbocycles. The first-order valence-corrected chi connectivity index (χ1v) is 12.3. The average Bonchev–Trinajstić information content (AvgIpc) is 3.48. The van der Waals surface area contributed by atoms with Crippen molar-refractivity contribution in [2.24, 2.45) is 0 Å². The third-order valence-electron chi connectivity index (χ3n) is 7.35. The summed E-state index contributed by atoms with van der Waals surface area (Å²) in [5.74, 6) is -4.29. The van der Waals surface area contributed by atoms with Gasteiger partial charge in [-0.05, 0) is 24.6 Å². The summed E-state index contributed by atoms with van der Waals surface area (Å²) < 4.78 is 71.7. The van der Waals surface area contributed by atoms with Gasteiger partial charge in [0, 0.05) is 54.5 Å². The monoisotopic (exact) mass is 561 g/mol. The number of carbonyl (C=O) groups excluding carboxylic acids is 3. The number of nitrogens with zero attached hydrogens (tertiary/aromatic N) is 6. The lowest BCUT2D eigenvalue weighted by Crippen LogP contribution is -2.52. The Hall–Kier alpha value is -4.27. The standard InChI is InChI=1S/C25H20F5N7O3/c26-19-12(9-35-7-8-36-17(11-35)33-34-24(36)25(28,29)30)5-6-31-21(19)14-2-1-13-15(20(14)27)10-37(23(13)40)16-3-4-18(38)32-22(16)39/h1-2,5-6,16H,3-4,7-11H2,(H,32,38,39). The predicted molar refractivity (Wildman–Crippen MR) is 125 cm³/mol. The van der Waals surface area contributed by atoms with Crippen molar-refractivity contribution in [2.45, 2.75) is 51.2 Å². The molecule has 6 rings (SSSR count). The maximum absolute atomic E-state index is 15.7. The van der Waals surface area contributed by atoms with Gasteiger partial charge in [-0.25, -0.2) is 8.78 Å². The van der Waals surface area contributed by atoms with Gasteiger partial charge in [-0.2, -0.15) is 13.2 Å². The normalized spacial score (nSPS) is 19.6. The van der Waals surface area contributed by atoms with Crippen molar-refractivity contribution in [3.8, 4) is 11.3 Å². The highest BCUT2D eigenvalue weighted by Crippen LogP contribution is 2.35. The van der Waals surface area contributed by atoms with Gasteiger partial charge in [0.05, 0.1) is 13.1 Å². The third kappa shape index (κ3) is 4.29. The van der Waals surface area contributed by atoms with E-state index >= 15 is 8.78 Å². The molecule has 0 bridgehead atoms. The van der Waals surface area contributed by atoms with E-state index in [1.807, 2.05) is 0 Å². The van der Waals surface area contributed by atoms with Gasteiger partial charge in [-0.1, -0.05) is 0 Å². The highest BCUT2D eigenvalue weighted by molar-refractivity contribution is 6.05. The van der Waals surface area contributed by atoms with Crippen LogP contribution in [0.4, 0.5) is 22.0 Å². The minimum absolute atomic E-state index is 0.00387. The number of alkyl halides is 3. The van der Waals surface area contributed by atoms with Crippen LogP contribution in [0.2, 0.25) is 0 Å². The Balaban J connectivity index is 1.24. The molecule has 1 saturated heterocycles. The summed E-state index contributed by atoms with van der Waals surface area (Å²) in [7, 11) is 0. The smallest absolute Gasteiger partial charge is 0.322 e. The number of rotatable bonds is 4. The summed E-state index contributed by atoms with van der Waals surface area (Å²) in [4.78, 5) is 43.6. The number of pyridine rings is 1. The van der Waals surface area contributed by atoms with E-state index in [1.54, 1.807) is 4.90 Å². The maximum Gasteiger partial charge on any atom is 0.451 e. The summed E-state index contributed by atoms with van der Waals surface area (Å²) in [6, 6.07) is 3.07. The molecule has 1 aromatic carbocycles. The molecule has 0 radical (unpaired) electrons. The van der Waals surface area contributed by atoms with Crippen molar-refractivity contribution < 1.29 is 36.3 Å². The Kier molecular flexibility index (Phi) is 6.12. The molecule has 3 aliphatic rings. The Morgan fingerprint density at radius 1 is 0.975 bits per heavy atom. The molecule has 3 aliphatic heterocycles. The highest BCUT2D eigenvalue weighted by Gasteiger charge is 2.41. The van der Waals surface area contributed by atoms with Crippen LogP contribution in [0.5, 0.6) is 0 Å². The molecule has 1 unspecified atom stereocenters. The van der Waals surface area contributed by atoms with Gasteiger partial charge >= 0.3 is 6.18 Å². The lowest BCUT2D eigenvalue weighted by molar-refractivity contribution is -0.148. The van der Waals surface area contributed by atoms with Gasteiger partial charge in [0.1, 0.15) is 23.4 Å². The minimum atomic E-state index is -4.64. The minimum Gasteiger partial charge on any atom is -0.322 e. The second-order valence-corrected chi connectivity index (χ2v) is 9.79. The second kappa shape index (κ2) is 9.43. The topological polar surface area (TPSA) is 113 Å². The molecule has 40 heavy (non-hydrogen) atoms. The first-order valence-electron chi connectivity index (χ1n) is 12.3. The SMILES string of the molecule is O=C1CCC(N2Cc3c(ccc(-c4nccc(CN5CCn6c(nnc6C(F)(F)F)C5)c4F)c3F)C2=O)C(=O)N1. The Bertz CT molecular complexity index is 1570. The molecule has 1 atom stereocenters. The number of nitrogens with one attached hydrogen (secondary N) is 1. The fraction of sp³-hybridized carbons (Fsp3) is 0.360. The zero-order valence-electron chi connectivity index (χ0n) is 20.6. The number of benzene rings is 1. The average molecular weight is 561 g/mol. The van der Waals surface area contributed by atoms with E-state index in [9.17, 15) is 27.6 Å². The van der Waals surface area contributed by atoms with Crippen LogP contribution >= 0.6 is 0 Å². The van der Waals surface area contributed by atoms with Crippen LogP contribution in [0.1, 0.15) is 46.0 Å². The predicted octanol–water partition coefficient (Wildman–Crippen LogP) is 2.41. The molecule has 3 amide bonds. The molecule has 208 valence electrons. The number of imide groups is 1. The number of carbonyl (C=O) groups is 3. The Labute approximate surface area is 222 Å². The summed E-state index contributed by atoms with van der Waals surface area (Å²) in [5.41, 5.74) is -0.281. The summed E-state index contributed by atoms with van der Waals surface area (Å²) in [6.45, 7) is -0.0734. The first-order chi connectivity index (χ1) is 19.0. The van der Waals surface area contributed by atoms with Crippen LogP contribution in [0, 0.1) is 11.6 Å². The highest BCUT2D eigenvalue weighted by atomic mass is 19.4. The van der Waals surface area contributed by atoms with Crippen molar-refractivity contribution in [3.05, 3.63) is 64.4 Å². The molecule has 5 heterocycles. The van der Waals surface area contributed by atoms with Gasteiger partial charge < -0.3 is 9.47 Å².